The lowest BCUT2D eigenvalue weighted by atomic mass is 10.0. The molecule has 2 atom stereocenters. The van der Waals surface area contributed by atoms with Crippen LogP contribution < -0.4 is 21.9 Å². The van der Waals surface area contributed by atoms with Crippen LogP contribution in [0.15, 0.2) is 18.2 Å². The Morgan fingerprint density at radius 2 is 2.17 bits per heavy atom. The number of aliphatic hydroxyl groups is 1. The first-order valence-corrected chi connectivity index (χ1v) is 8.07. The third-order valence-electron chi connectivity index (χ3n) is 4.23. The van der Waals surface area contributed by atoms with Gasteiger partial charge in [0, 0.05) is 13.1 Å². The maximum Gasteiger partial charge on any atom is 0.231 e. The molecule has 2 unspecified atom stereocenters. The van der Waals surface area contributed by atoms with Gasteiger partial charge < -0.3 is 36.6 Å². The third kappa shape index (κ3) is 5.24. The Morgan fingerprint density at radius 1 is 1.35 bits per heavy atom. The number of β-amino-alcohol motifs (C(OH)–C–C–N with tert-alkyl or cyclic N) is 1. The van der Waals surface area contributed by atoms with Gasteiger partial charge in [-0.2, -0.15) is 0 Å². The summed E-state index contributed by atoms with van der Waals surface area (Å²) in [5.74, 6) is 2.28. The fraction of sp³-hybridized carbons (Fsp3) is 0.647. The molecule has 0 aromatic heterocycles. The van der Waals surface area contributed by atoms with E-state index in [4.69, 9.17) is 14.2 Å². The number of aliphatic hydroxyl groups excluding tert-OH is 1. The zero-order chi connectivity index (χ0) is 15.4. The average molecular weight is 343 g/mol. The molecule has 0 aliphatic carbocycles. The highest BCUT2D eigenvalue weighted by Crippen LogP contribution is 2.32. The van der Waals surface area contributed by atoms with E-state index in [9.17, 15) is 5.11 Å². The predicted octanol–water partition coefficient (Wildman–Crippen LogP) is -0.971. The highest BCUT2D eigenvalue weighted by Gasteiger charge is 2.19. The Labute approximate surface area is 143 Å². The summed E-state index contributed by atoms with van der Waals surface area (Å²) in [4.78, 5) is 2.34. The number of nitrogens with zero attached hydrogens (tertiary/aromatic N) is 1. The monoisotopic (exact) mass is 342 g/mol. The van der Waals surface area contributed by atoms with Crippen molar-refractivity contribution in [1.29, 1.82) is 0 Å². The molecule has 1 saturated heterocycles. The lowest BCUT2D eigenvalue weighted by Crippen LogP contribution is -3.00. The Bertz CT molecular complexity index is 499. The Balaban J connectivity index is 0.00000192. The zero-order valence-corrected chi connectivity index (χ0v) is 14.3. The third-order valence-corrected chi connectivity index (χ3v) is 4.23. The molecule has 1 fully saturated rings. The topological polar surface area (TPSA) is 51.2 Å². The molecule has 1 aromatic carbocycles. The van der Waals surface area contributed by atoms with Crippen LogP contribution in [0.1, 0.15) is 25.3 Å². The van der Waals surface area contributed by atoms with Gasteiger partial charge in [-0.25, -0.2) is 0 Å². The Hall–Kier alpha value is -1.01. The second-order valence-corrected chi connectivity index (χ2v) is 6.36. The number of halogens is 1. The number of benzene rings is 1. The molecule has 0 bridgehead atoms. The van der Waals surface area contributed by atoms with E-state index in [0.29, 0.717) is 19.8 Å². The minimum atomic E-state index is -0.431. The number of hydrogen-bond donors (Lipinski definition) is 1. The molecule has 1 aromatic rings. The molecule has 23 heavy (non-hydrogen) atoms. The number of rotatable bonds is 6. The molecule has 0 spiro atoms. The highest BCUT2D eigenvalue weighted by molar-refractivity contribution is 5.44. The minimum Gasteiger partial charge on any atom is -1.00 e. The standard InChI is InChI=1S/C17H25NO4.ClH/c1-13-3-2-6-18(8-13)9-15(19)11-20-10-14-4-5-16-17(7-14)22-12-21-16;/h4-5,7,13,15,19H,2-3,6,8-12H2,1H3;1H/p-1. The van der Waals surface area contributed by atoms with Gasteiger partial charge in [0.2, 0.25) is 6.79 Å². The van der Waals surface area contributed by atoms with Crippen molar-refractivity contribution in [3.8, 4) is 11.5 Å². The first-order valence-electron chi connectivity index (χ1n) is 8.07. The molecule has 0 radical (unpaired) electrons. The number of piperidine rings is 1. The van der Waals surface area contributed by atoms with Crippen molar-refractivity contribution in [1.82, 2.24) is 4.90 Å². The van der Waals surface area contributed by atoms with Crippen molar-refractivity contribution in [3.63, 3.8) is 0 Å². The smallest absolute Gasteiger partial charge is 0.231 e. The van der Waals surface area contributed by atoms with Crippen LogP contribution in [0.3, 0.4) is 0 Å². The largest absolute Gasteiger partial charge is 1.00 e. The van der Waals surface area contributed by atoms with Gasteiger partial charge in [0.25, 0.3) is 0 Å². The molecule has 6 heteroatoms. The van der Waals surface area contributed by atoms with Crippen LogP contribution in [-0.2, 0) is 11.3 Å². The summed E-state index contributed by atoms with van der Waals surface area (Å²) in [5, 5.41) is 10.1. The van der Waals surface area contributed by atoms with Gasteiger partial charge in [-0.05, 0) is 43.0 Å². The second-order valence-electron chi connectivity index (χ2n) is 6.36. The van der Waals surface area contributed by atoms with E-state index in [0.717, 1.165) is 36.1 Å². The fourth-order valence-electron chi connectivity index (χ4n) is 3.15. The molecule has 1 N–H and O–H groups in total. The SMILES string of the molecule is CC1CCCN(CC(O)COCc2ccc3c(c2)OCO3)C1.[Cl-]. The van der Waals surface area contributed by atoms with E-state index in [1.165, 1.54) is 12.8 Å². The maximum atomic E-state index is 10.1. The summed E-state index contributed by atoms with van der Waals surface area (Å²) in [7, 11) is 0. The molecule has 130 valence electrons. The molecule has 2 aliphatic heterocycles. The molecular weight excluding hydrogens is 318 g/mol. The van der Waals surface area contributed by atoms with E-state index < -0.39 is 6.10 Å². The number of fused-ring (bicyclic) bond motifs is 1. The van der Waals surface area contributed by atoms with E-state index in [-0.39, 0.29) is 19.2 Å². The van der Waals surface area contributed by atoms with Crippen molar-refractivity contribution in [2.45, 2.75) is 32.5 Å². The maximum absolute atomic E-state index is 10.1. The molecular formula is C17H25ClNO4-. The molecule has 3 rings (SSSR count). The summed E-state index contributed by atoms with van der Waals surface area (Å²) < 4.78 is 16.3. The summed E-state index contributed by atoms with van der Waals surface area (Å²) in [6.07, 6.45) is 2.10. The van der Waals surface area contributed by atoms with Crippen molar-refractivity contribution in [2.75, 3.05) is 33.0 Å². The van der Waals surface area contributed by atoms with E-state index in [1.54, 1.807) is 0 Å². The zero-order valence-electron chi connectivity index (χ0n) is 13.5. The average Bonchev–Trinajstić information content (AvgIpc) is 2.95. The fourth-order valence-corrected chi connectivity index (χ4v) is 3.15. The van der Waals surface area contributed by atoms with E-state index >= 15 is 0 Å². The van der Waals surface area contributed by atoms with Gasteiger partial charge in [0.05, 0.1) is 19.3 Å². The normalized spacial score (nSPS) is 21.7. The van der Waals surface area contributed by atoms with Crippen LogP contribution >= 0.6 is 0 Å². The lowest BCUT2D eigenvalue weighted by Gasteiger charge is -2.32. The van der Waals surface area contributed by atoms with E-state index in [2.05, 4.69) is 11.8 Å². The van der Waals surface area contributed by atoms with Crippen LogP contribution in [-0.4, -0.2) is 49.1 Å². The van der Waals surface area contributed by atoms with Crippen LogP contribution in [0, 0.1) is 5.92 Å². The first-order chi connectivity index (χ1) is 10.7. The van der Waals surface area contributed by atoms with Gasteiger partial charge in [-0.3, -0.25) is 0 Å². The van der Waals surface area contributed by atoms with Crippen LogP contribution in [0.2, 0.25) is 0 Å². The van der Waals surface area contributed by atoms with Crippen molar-refractivity contribution in [2.24, 2.45) is 5.92 Å². The molecule has 5 nitrogen and oxygen atoms in total. The van der Waals surface area contributed by atoms with Gasteiger partial charge >= 0.3 is 0 Å². The predicted molar refractivity (Wildman–Crippen MR) is 83.1 cm³/mol. The lowest BCUT2D eigenvalue weighted by molar-refractivity contribution is -0.0000228. The Kier molecular flexibility index (Phi) is 6.96. The van der Waals surface area contributed by atoms with Crippen molar-refractivity contribution < 1.29 is 31.7 Å². The highest BCUT2D eigenvalue weighted by atomic mass is 35.5. The number of ether oxygens (including phenoxy) is 3. The molecule has 2 heterocycles. The summed E-state index contributed by atoms with van der Waals surface area (Å²) >= 11 is 0. The van der Waals surface area contributed by atoms with Crippen LogP contribution in [0.25, 0.3) is 0 Å². The van der Waals surface area contributed by atoms with Crippen molar-refractivity contribution in [3.05, 3.63) is 23.8 Å². The summed E-state index contributed by atoms with van der Waals surface area (Å²) in [6.45, 7) is 6.26. The van der Waals surface area contributed by atoms with Gasteiger partial charge in [0.1, 0.15) is 0 Å². The van der Waals surface area contributed by atoms with Gasteiger partial charge in [0.15, 0.2) is 11.5 Å². The number of hydrogen-bond acceptors (Lipinski definition) is 5. The summed E-state index contributed by atoms with van der Waals surface area (Å²) in [6, 6.07) is 5.79. The van der Waals surface area contributed by atoms with Crippen molar-refractivity contribution >= 4 is 0 Å². The van der Waals surface area contributed by atoms with E-state index in [1.807, 2.05) is 18.2 Å². The van der Waals surface area contributed by atoms with Gasteiger partial charge in [-0.1, -0.05) is 13.0 Å². The molecule has 2 aliphatic rings. The molecule has 0 saturated carbocycles. The Morgan fingerprint density at radius 3 is 3.00 bits per heavy atom. The summed E-state index contributed by atoms with van der Waals surface area (Å²) in [5.41, 5.74) is 1.03. The van der Waals surface area contributed by atoms with Crippen LogP contribution in [0.5, 0.6) is 11.5 Å². The molecule has 0 amide bonds. The first kappa shape index (κ1) is 18.3. The minimum absolute atomic E-state index is 0. The van der Waals surface area contributed by atoms with Gasteiger partial charge in [-0.15, -0.1) is 0 Å². The van der Waals surface area contributed by atoms with Crippen LogP contribution in [0.4, 0.5) is 0 Å². The quantitative estimate of drug-likeness (QED) is 0.721. The second kappa shape index (κ2) is 8.73. The number of likely N-dealkylation sites (tertiary alicyclic amines) is 1.